The zero-order chi connectivity index (χ0) is 24.1. The van der Waals surface area contributed by atoms with E-state index in [9.17, 15) is 13.6 Å². The minimum Gasteiger partial charge on any atom is -0.474 e. The lowest BCUT2D eigenvalue weighted by Crippen LogP contribution is -2.41. The smallest absolute Gasteiger partial charge is 0.407 e. The fourth-order valence-electron chi connectivity index (χ4n) is 4.01. The van der Waals surface area contributed by atoms with Crippen LogP contribution in [0.15, 0.2) is 18.5 Å². The summed E-state index contributed by atoms with van der Waals surface area (Å²) < 4.78 is 46.2. The molecule has 1 aromatic carbocycles. The summed E-state index contributed by atoms with van der Waals surface area (Å²) in [5, 5.41) is 9.07. The van der Waals surface area contributed by atoms with E-state index < -0.39 is 17.7 Å². The molecule has 0 atom stereocenters. The highest BCUT2D eigenvalue weighted by Gasteiger charge is 2.25. The molecule has 3 heterocycles. The lowest BCUT2D eigenvalue weighted by molar-refractivity contribution is 0.0383. The Morgan fingerprint density at radius 2 is 1.82 bits per heavy atom. The number of carboxylic acid groups (broad SMARTS) is 1. The molecule has 0 radical (unpaired) electrons. The van der Waals surface area contributed by atoms with Crippen molar-refractivity contribution in [2.45, 2.75) is 32.3 Å². The summed E-state index contributed by atoms with van der Waals surface area (Å²) in [6.45, 7) is 5.89. The Morgan fingerprint density at radius 1 is 1.12 bits per heavy atom. The van der Waals surface area contributed by atoms with Crippen LogP contribution in [-0.4, -0.2) is 83.0 Å². The molecule has 34 heavy (non-hydrogen) atoms. The van der Waals surface area contributed by atoms with E-state index in [1.807, 2.05) is 0 Å². The SMILES string of the molecule is Cc1c(Oc2cc(F)c(CCN3CCOCC3)cc2F)ncnc1OC1CCN(C(=O)O)CC1. The fraction of sp³-hybridized carbons (Fsp3) is 0.522. The van der Waals surface area contributed by atoms with E-state index in [0.29, 0.717) is 57.7 Å². The van der Waals surface area contributed by atoms with Crippen LogP contribution in [0.5, 0.6) is 17.5 Å². The van der Waals surface area contributed by atoms with Gasteiger partial charge in [-0.2, -0.15) is 0 Å². The molecule has 1 N–H and O–H groups in total. The zero-order valence-corrected chi connectivity index (χ0v) is 19.0. The average Bonchev–Trinajstić information content (AvgIpc) is 2.83. The molecule has 11 heteroatoms. The summed E-state index contributed by atoms with van der Waals surface area (Å²) >= 11 is 0. The van der Waals surface area contributed by atoms with Crippen molar-refractivity contribution in [1.29, 1.82) is 0 Å². The van der Waals surface area contributed by atoms with Gasteiger partial charge in [-0.25, -0.2) is 23.5 Å². The van der Waals surface area contributed by atoms with E-state index in [4.69, 9.17) is 19.3 Å². The molecule has 2 aliphatic heterocycles. The van der Waals surface area contributed by atoms with E-state index in [-0.39, 0.29) is 29.2 Å². The number of aromatic nitrogens is 2. The number of benzene rings is 1. The molecule has 1 aromatic heterocycles. The molecule has 184 valence electrons. The second-order valence-corrected chi connectivity index (χ2v) is 8.38. The van der Waals surface area contributed by atoms with Crippen LogP contribution in [-0.2, 0) is 11.2 Å². The van der Waals surface area contributed by atoms with Crippen LogP contribution in [0.25, 0.3) is 0 Å². The normalized spacial score (nSPS) is 17.6. The van der Waals surface area contributed by atoms with Gasteiger partial charge in [0.15, 0.2) is 11.6 Å². The number of hydrogen-bond donors (Lipinski definition) is 1. The molecular weight excluding hydrogens is 450 g/mol. The first-order chi connectivity index (χ1) is 16.4. The minimum atomic E-state index is -0.950. The van der Waals surface area contributed by atoms with E-state index in [1.165, 1.54) is 11.2 Å². The van der Waals surface area contributed by atoms with Gasteiger partial charge < -0.3 is 24.2 Å². The first-order valence-corrected chi connectivity index (χ1v) is 11.3. The van der Waals surface area contributed by atoms with E-state index in [0.717, 1.165) is 25.2 Å². The van der Waals surface area contributed by atoms with Crippen molar-refractivity contribution in [2.24, 2.45) is 0 Å². The van der Waals surface area contributed by atoms with Gasteiger partial charge >= 0.3 is 6.09 Å². The Labute approximate surface area is 196 Å². The second-order valence-electron chi connectivity index (χ2n) is 8.38. The number of rotatable bonds is 7. The first-order valence-electron chi connectivity index (χ1n) is 11.3. The van der Waals surface area contributed by atoms with Crippen molar-refractivity contribution in [3.63, 3.8) is 0 Å². The highest BCUT2D eigenvalue weighted by molar-refractivity contribution is 5.65. The van der Waals surface area contributed by atoms with Crippen LogP contribution >= 0.6 is 0 Å². The minimum absolute atomic E-state index is 0.0624. The molecule has 0 unspecified atom stereocenters. The van der Waals surface area contributed by atoms with Gasteiger partial charge in [0.1, 0.15) is 18.2 Å². The predicted molar refractivity (Wildman–Crippen MR) is 117 cm³/mol. The van der Waals surface area contributed by atoms with Crippen molar-refractivity contribution in [2.75, 3.05) is 45.9 Å². The molecule has 0 aliphatic carbocycles. The lowest BCUT2D eigenvalue weighted by Gasteiger charge is -2.30. The second kappa shape index (κ2) is 10.9. The molecule has 2 saturated heterocycles. The Balaban J connectivity index is 1.40. The number of likely N-dealkylation sites (tertiary alicyclic amines) is 1. The van der Waals surface area contributed by atoms with Gasteiger partial charge in [0, 0.05) is 51.6 Å². The Hall–Kier alpha value is -3.05. The third kappa shape index (κ3) is 5.89. The maximum Gasteiger partial charge on any atom is 0.407 e. The van der Waals surface area contributed by atoms with Crippen molar-refractivity contribution < 1.29 is 32.9 Å². The van der Waals surface area contributed by atoms with Crippen LogP contribution in [0, 0.1) is 18.6 Å². The molecule has 4 rings (SSSR count). The molecule has 0 saturated carbocycles. The Bertz CT molecular complexity index is 1010. The number of nitrogens with zero attached hydrogens (tertiary/aromatic N) is 4. The quantitative estimate of drug-likeness (QED) is 0.648. The van der Waals surface area contributed by atoms with Gasteiger partial charge in [-0.3, -0.25) is 4.90 Å². The number of halogens is 2. The average molecular weight is 478 g/mol. The molecule has 9 nitrogen and oxygen atoms in total. The third-order valence-corrected chi connectivity index (χ3v) is 6.09. The van der Waals surface area contributed by atoms with Crippen molar-refractivity contribution in [3.05, 3.63) is 41.2 Å². The predicted octanol–water partition coefficient (Wildman–Crippen LogP) is 3.25. The summed E-state index contributed by atoms with van der Waals surface area (Å²) in [5.41, 5.74) is 0.729. The number of morpholine rings is 1. The topological polar surface area (TPSA) is 97.3 Å². The molecular formula is C23H28F2N4O5. The fourth-order valence-corrected chi connectivity index (χ4v) is 4.01. The van der Waals surface area contributed by atoms with E-state index in [1.54, 1.807) is 6.92 Å². The van der Waals surface area contributed by atoms with E-state index >= 15 is 0 Å². The van der Waals surface area contributed by atoms with Crippen molar-refractivity contribution in [3.8, 4) is 17.5 Å². The summed E-state index contributed by atoms with van der Waals surface area (Å²) in [6, 6.07) is 2.20. The number of piperidine rings is 1. The van der Waals surface area contributed by atoms with Crippen molar-refractivity contribution >= 4 is 6.09 Å². The van der Waals surface area contributed by atoms with Crippen LogP contribution in [0.3, 0.4) is 0 Å². The Morgan fingerprint density at radius 3 is 2.53 bits per heavy atom. The molecule has 0 bridgehead atoms. The highest BCUT2D eigenvalue weighted by atomic mass is 19.1. The van der Waals surface area contributed by atoms with Gasteiger partial charge in [-0.15, -0.1) is 0 Å². The van der Waals surface area contributed by atoms with Crippen LogP contribution in [0.2, 0.25) is 0 Å². The van der Waals surface area contributed by atoms with Gasteiger partial charge in [0.2, 0.25) is 11.8 Å². The van der Waals surface area contributed by atoms with Crippen LogP contribution < -0.4 is 9.47 Å². The first kappa shape index (κ1) is 24.1. The number of ether oxygens (including phenoxy) is 3. The third-order valence-electron chi connectivity index (χ3n) is 6.09. The van der Waals surface area contributed by atoms with Crippen LogP contribution in [0.1, 0.15) is 24.0 Å². The standard InChI is InChI=1S/C23H28F2N4O5/c1-15-21(33-17-3-6-29(7-4-17)23(30)31)26-14-27-22(15)34-20-13-18(24)16(12-19(20)25)2-5-28-8-10-32-11-9-28/h12-14,17H,2-11H2,1H3,(H,30,31). The number of amides is 1. The lowest BCUT2D eigenvalue weighted by atomic mass is 10.1. The van der Waals surface area contributed by atoms with Gasteiger partial charge in [-0.1, -0.05) is 0 Å². The summed E-state index contributed by atoms with van der Waals surface area (Å²) in [7, 11) is 0. The highest BCUT2D eigenvalue weighted by Crippen LogP contribution is 2.31. The van der Waals surface area contributed by atoms with Crippen molar-refractivity contribution in [1.82, 2.24) is 19.8 Å². The summed E-state index contributed by atoms with van der Waals surface area (Å²) in [6.07, 6.45) is 1.50. The Kier molecular flexibility index (Phi) is 7.73. The summed E-state index contributed by atoms with van der Waals surface area (Å²) in [4.78, 5) is 22.7. The number of carbonyl (C=O) groups is 1. The molecule has 2 fully saturated rings. The molecule has 0 spiro atoms. The van der Waals surface area contributed by atoms with E-state index in [2.05, 4.69) is 14.9 Å². The molecule has 2 aliphatic rings. The maximum absolute atomic E-state index is 14.7. The van der Waals surface area contributed by atoms with Gasteiger partial charge in [-0.05, 0) is 25.0 Å². The van der Waals surface area contributed by atoms with Gasteiger partial charge in [0.05, 0.1) is 18.8 Å². The molecule has 2 aromatic rings. The number of hydrogen-bond acceptors (Lipinski definition) is 7. The maximum atomic E-state index is 14.7. The largest absolute Gasteiger partial charge is 0.474 e. The monoisotopic (exact) mass is 478 g/mol. The molecule has 1 amide bonds. The zero-order valence-electron chi connectivity index (χ0n) is 19.0. The van der Waals surface area contributed by atoms with Crippen LogP contribution in [0.4, 0.5) is 13.6 Å². The summed E-state index contributed by atoms with van der Waals surface area (Å²) in [5.74, 6) is -1.16. The van der Waals surface area contributed by atoms with Gasteiger partial charge in [0.25, 0.3) is 0 Å².